The van der Waals surface area contributed by atoms with Crippen molar-refractivity contribution in [3.8, 4) is 0 Å². The monoisotopic (exact) mass is 474 g/mol. The van der Waals surface area contributed by atoms with Gasteiger partial charge in [-0.15, -0.1) is 11.8 Å². The number of rotatable bonds is 7. The van der Waals surface area contributed by atoms with Crippen molar-refractivity contribution >= 4 is 39.1 Å². The first-order chi connectivity index (χ1) is 15.4. The molecule has 1 saturated heterocycles. The van der Waals surface area contributed by atoms with Crippen LogP contribution in [-0.2, 0) is 14.8 Å². The van der Waals surface area contributed by atoms with Crippen molar-refractivity contribution in [1.82, 2.24) is 9.62 Å². The van der Waals surface area contributed by atoms with Gasteiger partial charge in [-0.05, 0) is 43.3 Å². The summed E-state index contributed by atoms with van der Waals surface area (Å²) in [5, 5.41) is 2.85. The highest BCUT2D eigenvalue weighted by Crippen LogP contribution is 2.34. The molecule has 0 bridgehead atoms. The van der Waals surface area contributed by atoms with E-state index in [4.69, 9.17) is 0 Å². The maximum Gasteiger partial charge on any atom is 0.240 e. The summed E-state index contributed by atoms with van der Waals surface area (Å²) in [5.41, 5.74) is 1.83. The molecule has 0 aliphatic carbocycles. The van der Waals surface area contributed by atoms with Crippen LogP contribution >= 0.6 is 11.8 Å². The molecule has 7 nitrogen and oxygen atoms in total. The number of carbonyl (C=O) groups excluding carboxylic acids is 1. The van der Waals surface area contributed by atoms with Crippen LogP contribution in [0, 0.1) is 5.92 Å². The van der Waals surface area contributed by atoms with Gasteiger partial charge in [-0.2, -0.15) is 0 Å². The van der Waals surface area contributed by atoms with Gasteiger partial charge in [0, 0.05) is 55.0 Å². The number of nitrogens with one attached hydrogen (secondary N) is 2. The summed E-state index contributed by atoms with van der Waals surface area (Å²) in [5.74, 6) is 0.495. The Kier molecular flexibility index (Phi) is 7.40. The maximum absolute atomic E-state index is 12.7. The molecule has 1 fully saturated rings. The second-order valence-electron chi connectivity index (χ2n) is 8.27. The van der Waals surface area contributed by atoms with E-state index in [0.717, 1.165) is 44.0 Å². The molecule has 4 rings (SSSR count). The summed E-state index contributed by atoms with van der Waals surface area (Å²) in [6, 6.07) is 15.4. The molecule has 9 heteroatoms. The van der Waals surface area contributed by atoms with E-state index in [-0.39, 0.29) is 16.7 Å². The molecule has 2 aliphatic heterocycles. The SMILES string of the molecule is CC1CSc2ccc(S(=O)(=O)NCCCN3CCN(c4ccccc4)CC3)cc2NC1=O. The number of para-hydroxylation sites is 1. The number of benzene rings is 2. The van der Waals surface area contributed by atoms with Gasteiger partial charge in [0.2, 0.25) is 15.9 Å². The normalized spacial score (nSPS) is 19.8. The predicted molar refractivity (Wildman–Crippen MR) is 130 cm³/mol. The van der Waals surface area contributed by atoms with E-state index in [1.807, 2.05) is 13.0 Å². The summed E-state index contributed by atoms with van der Waals surface area (Å²) < 4.78 is 28.2. The number of nitrogens with zero attached hydrogens (tertiary/aromatic N) is 2. The molecular formula is C23H30N4O3S2. The Morgan fingerprint density at radius 1 is 1.09 bits per heavy atom. The summed E-state index contributed by atoms with van der Waals surface area (Å²) in [6.07, 6.45) is 0.750. The Morgan fingerprint density at radius 3 is 2.59 bits per heavy atom. The molecule has 1 atom stereocenters. The molecular weight excluding hydrogens is 444 g/mol. The predicted octanol–water partition coefficient (Wildman–Crippen LogP) is 2.86. The van der Waals surface area contributed by atoms with Gasteiger partial charge in [0.05, 0.1) is 10.6 Å². The van der Waals surface area contributed by atoms with Gasteiger partial charge in [0.15, 0.2) is 0 Å². The third kappa shape index (κ3) is 5.64. The molecule has 2 N–H and O–H groups in total. The first kappa shape index (κ1) is 23.1. The minimum Gasteiger partial charge on any atom is -0.369 e. The Bertz CT molecular complexity index is 1040. The molecule has 32 heavy (non-hydrogen) atoms. The fourth-order valence-corrected chi connectivity index (χ4v) is 6.02. The van der Waals surface area contributed by atoms with Crippen LogP contribution in [0.5, 0.6) is 0 Å². The molecule has 2 aromatic carbocycles. The fourth-order valence-electron chi connectivity index (χ4n) is 3.91. The zero-order valence-electron chi connectivity index (χ0n) is 18.3. The number of sulfonamides is 1. The second kappa shape index (κ2) is 10.2. The van der Waals surface area contributed by atoms with E-state index < -0.39 is 10.0 Å². The third-order valence-corrected chi connectivity index (χ3v) is 8.68. The number of amides is 1. The Hall–Kier alpha value is -2.07. The van der Waals surface area contributed by atoms with Crippen LogP contribution in [0.25, 0.3) is 0 Å². The lowest BCUT2D eigenvalue weighted by atomic mass is 10.2. The van der Waals surface area contributed by atoms with Crippen LogP contribution in [0.15, 0.2) is 58.3 Å². The van der Waals surface area contributed by atoms with Crippen LogP contribution in [0.4, 0.5) is 11.4 Å². The molecule has 172 valence electrons. The molecule has 0 aromatic heterocycles. The van der Waals surface area contributed by atoms with Crippen LogP contribution in [0.3, 0.4) is 0 Å². The highest BCUT2D eigenvalue weighted by molar-refractivity contribution is 7.99. The number of carbonyl (C=O) groups is 1. The van der Waals surface area contributed by atoms with E-state index in [1.54, 1.807) is 30.0 Å². The summed E-state index contributed by atoms with van der Waals surface area (Å²) in [7, 11) is -3.62. The number of thioether (sulfide) groups is 1. The lowest BCUT2D eigenvalue weighted by molar-refractivity contribution is -0.118. The third-order valence-electron chi connectivity index (χ3n) is 5.89. The van der Waals surface area contributed by atoms with Crippen LogP contribution in [0.2, 0.25) is 0 Å². The van der Waals surface area contributed by atoms with Crippen LogP contribution in [-0.4, -0.2) is 64.2 Å². The number of hydrogen-bond acceptors (Lipinski definition) is 6. The highest BCUT2D eigenvalue weighted by atomic mass is 32.2. The first-order valence-corrected chi connectivity index (χ1v) is 13.5. The van der Waals surface area contributed by atoms with Gasteiger partial charge >= 0.3 is 0 Å². The van der Waals surface area contributed by atoms with Crippen molar-refractivity contribution in [3.05, 3.63) is 48.5 Å². The van der Waals surface area contributed by atoms with E-state index in [9.17, 15) is 13.2 Å². The van der Waals surface area contributed by atoms with E-state index in [1.165, 1.54) is 5.69 Å². The van der Waals surface area contributed by atoms with Gasteiger partial charge in [0.1, 0.15) is 0 Å². The topological polar surface area (TPSA) is 81.8 Å². The standard InChI is InChI=1S/C23H30N4O3S2/c1-18-17-31-22-9-8-20(16-21(22)25-23(18)28)32(29,30)24-10-5-11-26-12-14-27(15-13-26)19-6-3-2-4-7-19/h2-4,6-9,16,18,24H,5,10-15,17H2,1H3,(H,25,28). The number of fused-ring (bicyclic) bond motifs is 1. The molecule has 2 aromatic rings. The smallest absolute Gasteiger partial charge is 0.240 e. The van der Waals surface area contributed by atoms with Crippen molar-refractivity contribution in [1.29, 1.82) is 0 Å². The molecule has 0 spiro atoms. The van der Waals surface area contributed by atoms with E-state index >= 15 is 0 Å². The maximum atomic E-state index is 12.7. The molecule has 0 radical (unpaired) electrons. The van der Waals surface area contributed by atoms with Gasteiger partial charge in [-0.25, -0.2) is 13.1 Å². The molecule has 2 heterocycles. The van der Waals surface area contributed by atoms with Gasteiger partial charge in [-0.1, -0.05) is 25.1 Å². The Balaban J connectivity index is 1.25. The quantitative estimate of drug-likeness (QED) is 0.601. The number of hydrogen-bond donors (Lipinski definition) is 2. The lowest BCUT2D eigenvalue weighted by Gasteiger charge is -2.36. The minimum absolute atomic E-state index is 0.0777. The zero-order valence-corrected chi connectivity index (χ0v) is 19.9. The second-order valence-corrected chi connectivity index (χ2v) is 11.1. The van der Waals surface area contributed by atoms with Crippen molar-refractivity contribution in [2.45, 2.75) is 23.1 Å². The van der Waals surface area contributed by atoms with Gasteiger partial charge < -0.3 is 10.2 Å². The summed E-state index contributed by atoms with van der Waals surface area (Å²) in [4.78, 5) is 17.9. The number of piperazine rings is 1. The van der Waals surface area contributed by atoms with E-state index in [2.05, 4.69) is 44.1 Å². The van der Waals surface area contributed by atoms with Gasteiger partial charge in [-0.3, -0.25) is 9.69 Å². The van der Waals surface area contributed by atoms with Crippen molar-refractivity contribution < 1.29 is 13.2 Å². The molecule has 1 unspecified atom stereocenters. The number of anilines is 2. The minimum atomic E-state index is -3.62. The summed E-state index contributed by atoms with van der Waals surface area (Å²) >= 11 is 1.57. The fraction of sp³-hybridized carbons (Fsp3) is 0.435. The van der Waals surface area contributed by atoms with Crippen molar-refractivity contribution in [2.24, 2.45) is 5.92 Å². The van der Waals surface area contributed by atoms with Crippen LogP contribution < -0.4 is 14.9 Å². The average molecular weight is 475 g/mol. The first-order valence-electron chi connectivity index (χ1n) is 11.0. The van der Waals surface area contributed by atoms with Gasteiger partial charge in [0.25, 0.3) is 0 Å². The Labute approximate surface area is 194 Å². The largest absolute Gasteiger partial charge is 0.369 e. The summed E-state index contributed by atoms with van der Waals surface area (Å²) in [6.45, 7) is 7.02. The molecule has 1 amide bonds. The van der Waals surface area contributed by atoms with Crippen molar-refractivity contribution in [2.75, 3.05) is 55.2 Å². The lowest BCUT2D eigenvalue weighted by Crippen LogP contribution is -2.47. The van der Waals surface area contributed by atoms with E-state index in [0.29, 0.717) is 18.0 Å². The Morgan fingerprint density at radius 2 is 1.84 bits per heavy atom. The molecule has 0 saturated carbocycles. The van der Waals surface area contributed by atoms with Crippen LogP contribution in [0.1, 0.15) is 13.3 Å². The van der Waals surface area contributed by atoms with Crippen molar-refractivity contribution in [3.63, 3.8) is 0 Å². The molecule has 2 aliphatic rings. The zero-order chi connectivity index (χ0) is 22.6. The highest BCUT2D eigenvalue weighted by Gasteiger charge is 2.23. The average Bonchev–Trinajstić information content (AvgIpc) is 2.95.